The van der Waals surface area contributed by atoms with Crippen LogP contribution >= 0.6 is 11.6 Å². The van der Waals surface area contributed by atoms with E-state index in [4.69, 9.17) is 16.6 Å². The summed E-state index contributed by atoms with van der Waals surface area (Å²) in [6, 6.07) is 15.3. The lowest BCUT2D eigenvalue weighted by atomic mass is 9.94. The number of aliphatic imine (C=N–C) groups is 1. The van der Waals surface area contributed by atoms with Gasteiger partial charge in [-0.25, -0.2) is 0 Å². The molecule has 2 aromatic carbocycles. The number of aryl methyl sites for hydroxylation is 1. The number of hydrogen-bond acceptors (Lipinski definition) is 2. The number of hydrogen-bond donors (Lipinski definition) is 1. The maximum Gasteiger partial charge on any atom is 0.257 e. The van der Waals surface area contributed by atoms with Gasteiger partial charge in [0.2, 0.25) is 0 Å². The van der Waals surface area contributed by atoms with Crippen molar-refractivity contribution in [2.75, 3.05) is 0 Å². The zero-order valence-electron chi connectivity index (χ0n) is 15.6. The van der Waals surface area contributed by atoms with E-state index in [1.807, 2.05) is 37.3 Å². The van der Waals surface area contributed by atoms with E-state index >= 15 is 0 Å². The van der Waals surface area contributed by atoms with Crippen molar-refractivity contribution in [3.63, 3.8) is 0 Å². The highest BCUT2D eigenvalue weighted by atomic mass is 35.5. The number of carbonyl (C=O) groups is 1. The van der Waals surface area contributed by atoms with Gasteiger partial charge in [-0.2, -0.15) is 0 Å². The number of allylic oxidation sites excluding steroid dienone is 3. The van der Waals surface area contributed by atoms with Crippen LogP contribution in [0.25, 0.3) is 0 Å². The van der Waals surface area contributed by atoms with Crippen LogP contribution in [0.5, 0.6) is 0 Å². The van der Waals surface area contributed by atoms with Crippen LogP contribution in [0, 0.1) is 0 Å². The van der Waals surface area contributed by atoms with Crippen molar-refractivity contribution in [2.45, 2.75) is 33.1 Å². The summed E-state index contributed by atoms with van der Waals surface area (Å²) < 4.78 is 0. The van der Waals surface area contributed by atoms with Gasteiger partial charge in [-0.05, 0) is 49.9 Å². The van der Waals surface area contributed by atoms with Crippen LogP contribution in [0.3, 0.4) is 0 Å². The monoisotopic (exact) mass is 378 g/mol. The van der Waals surface area contributed by atoms with Crippen LogP contribution in [0.2, 0.25) is 5.02 Å². The highest BCUT2D eigenvalue weighted by Gasteiger charge is 2.19. The second-order valence-electron chi connectivity index (χ2n) is 6.35. The van der Waals surface area contributed by atoms with Crippen molar-refractivity contribution in [1.29, 1.82) is 0 Å². The Kier molecular flexibility index (Phi) is 6.25. The van der Waals surface area contributed by atoms with Gasteiger partial charge in [-0.1, -0.05) is 61.0 Å². The molecule has 3 nitrogen and oxygen atoms in total. The number of halogens is 1. The minimum absolute atomic E-state index is 0.215. The van der Waals surface area contributed by atoms with Crippen LogP contribution in [-0.2, 0) is 6.42 Å². The molecule has 0 spiro atoms. The molecule has 1 aliphatic rings. The normalized spacial score (nSPS) is 14.4. The molecule has 0 bridgehead atoms. The van der Waals surface area contributed by atoms with Crippen LogP contribution in [-0.4, -0.2) is 11.6 Å². The molecule has 2 aromatic rings. The molecule has 3 rings (SSSR count). The number of fused-ring (bicyclic) bond motifs is 1. The first-order valence-electron chi connectivity index (χ1n) is 9.22. The van der Waals surface area contributed by atoms with Gasteiger partial charge in [-0.3, -0.25) is 9.79 Å². The topological polar surface area (TPSA) is 41.5 Å². The molecule has 1 aliphatic heterocycles. The van der Waals surface area contributed by atoms with E-state index in [-0.39, 0.29) is 5.91 Å². The predicted molar refractivity (Wildman–Crippen MR) is 113 cm³/mol. The highest BCUT2D eigenvalue weighted by Crippen LogP contribution is 2.29. The van der Waals surface area contributed by atoms with E-state index in [0.717, 1.165) is 41.9 Å². The number of benzene rings is 2. The molecular formula is C23H23ClN2O. The van der Waals surface area contributed by atoms with E-state index in [1.54, 1.807) is 18.2 Å². The third-order valence-electron chi connectivity index (χ3n) is 4.54. The largest absolute Gasteiger partial charge is 0.322 e. The first-order valence-corrected chi connectivity index (χ1v) is 9.60. The third kappa shape index (κ3) is 4.37. The zero-order chi connectivity index (χ0) is 19.2. The van der Waals surface area contributed by atoms with Crippen LogP contribution in [0.15, 0.2) is 76.9 Å². The fraction of sp³-hybridized carbons (Fsp3) is 0.217. The average Bonchev–Trinajstić information content (AvgIpc) is 2.70. The van der Waals surface area contributed by atoms with E-state index in [1.165, 1.54) is 5.56 Å². The maximum absolute atomic E-state index is 12.7. The summed E-state index contributed by atoms with van der Waals surface area (Å²) in [6.45, 7) is 4.00. The molecule has 0 atom stereocenters. The zero-order valence-corrected chi connectivity index (χ0v) is 16.4. The van der Waals surface area contributed by atoms with Crippen LogP contribution < -0.4 is 5.32 Å². The third-order valence-corrected chi connectivity index (χ3v) is 4.87. The second-order valence-corrected chi connectivity index (χ2v) is 6.76. The Morgan fingerprint density at radius 3 is 2.63 bits per heavy atom. The number of para-hydroxylation sites is 1. The fourth-order valence-corrected chi connectivity index (χ4v) is 3.42. The summed E-state index contributed by atoms with van der Waals surface area (Å²) in [4.78, 5) is 17.6. The van der Waals surface area contributed by atoms with Gasteiger partial charge in [0.25, 0.3) is 5.91 Å². The molecule has 0 aromatic heterocycles. The molecule has 1 N–H and O–H groups in total. The van der Waals surface area contributed by atoms with E-state index in [9.17, 15) is 4.79 Å². The Morgan fingerprint density at radius 2 is 1.89 bits per heavy atom. The van der Waals surface area contributed by atoms with Gasteiger partial charge in [0.1, 0.15) is 0 Å². The molecule has 138 valence electrons. The molecule has 0 fully saturated rings. The van der Waals surface area contributed by atoms with Crippen molar-refractivity contribution in [1.82, 2.24) is 5.32 Å². The molecule has 27 heavy (non-hydrogen) atoms. The minimum Gasteiger partial charge on any atom is -0.322 e. The van der Waals surface area contributed by atoms with Crippen LogP contribution in [0.1, 0.15) is 42.6 Å². The lowest BCUT2D eigenvalue weighted by molar-refractivity contribution is 0.0967. The molecule has 0 unspecified atom stereocenters. The Bertz CT molecular complexity index is 941. The highest BCUT2D eigenvalue weighted by molar-refractivity contribution is 6.33. The van der Waals surface area contributed by atoms with Crippen LogP contribution in [0.4, 0.5) is 5.69 Å². The number of rotatable bonds is 5. The van der Waals surface area contributed by atoms with Crippen molar-refractivity contribution in [3.05, 3.63) is 88.1 Å². The average molecular weight is 379 g/mol. The molecule has 0 saturated heterocycles. The SMILES string of the molecule is C/C=C(NC(=O)c1ccccc1Cl)\C(=C\CC)C1=Nc2ccccc2CC1. The summed E-state index contributed by atoms with van der Waals surface area (Å²) in [6.07, 6.45) is 6.69. The van der Waals surface area contributed by atoms with Crippen molar-refractivity contribution in [3.8, 4) is 0 Å². The Hall–Kier alpha value is -2.65. The quantitative estimate of drug-likeness (QED) is 0.634. The number of nitrogens with one attached hydrogen (secondary N) is 1. The van der Waals surface area contributed by atoms with E-state index in [0.29, 0.717) is 10.6 Å². The second kappa shape index (κ2) is 8.83. The van der Waals surface area contributed by atoms with Crippen molar-refractivity contribution >= 4 is 28.9 Å². The molecule has 1 amide bonds. The number of nitrogens with zero attached hydrogens (tertiary/aromatic N) is 1. The summed E-state index contributed by atoms with van der Waals surface area (Å²) in [5.41, 5.74) is 5.48. The summed E-state index contributed by atoms with van der Waals surface area (Å²) >= 11 is 6.17. The minimum atomic E-state index is -0.215. The number of carbonyl (C=O) groups excluding carboxylic acids is 1. The predicted octanol–water partition coefficient (Wildman–Crippen LogP) is 6.03. The Labute approximate surface area is 165 Å². The Balaban J connectivity index is 1.90. The summed E-state index contributed by atoms with van der Waals surface area (Å²) in [5, 5.41) is 3.46. The maximum atomic E-state index is 12.7. The fourth-order valence-electron chi connectivity index (χ4n) is 3.20. The summed E-state index contributed by atoms with van der Waals surface area (Å²) in [7, 11) is 0. The molecule has 1 heterocycles. The molecule has 0 radical (unpaired) electrons. The molecule has 4 heteroatoms. The number of amides is 1. The van der Waals surface area contributed by atoms with Crippen molar-refractivity contribution < 1.29 is 4.79 Å². The van der Waals surface area contributed by atoms with Crippen molar-refractivity contribution in [2.24, 2.45) is 4.99 Å². The van der Waals surface area contributed by atoms with E-state index in [2.05, 4.69) is 24.4 Å². The van der Waals surface area contributed by atoms with Gasteiger partial charge in [-0.15, -0.1) is 0 Å². The van der Waals surface area contributed by atoms with E-state index < -0.39 is 0 Å². The van der Waals surface area contributed by atoms with Gasteiger partial charge < -0.3 is 5.32 Å². The first-order chi connectivity index (χ1) is 13.1. The molecule has 0 saturated carbocycles. The molecule has 0 aliphatic carbocycles. The van der Waals surface area contributed by atoms with Gasteiger partial charge in [0, 0.05) is 11.3 Å². The Morgan fingerprint density at radius 1 is 1.15 bits per heavy atom. The standard InChI is InChI=1S/C23H23ClN2O/c1-3-9-18(22-15-14-16-10-5-8-13-21(16)25-22)20(4-2)26-23(27)17-11-6-7-12-19(17)24/h4-13H,3,14-15H2,1-2H3,(H,26,27)/b18-9-,20-4+. The first kappa shape index (κ1) is 19.1. The lowest BCUT2D eigenvalue weighted by Gasteiger charge is -2.20. The lowest BCUT2D eigenvalue weighted by Crippen LogP contribution is -2.27. The smallest absolute Gasteiger partial charge is 0.257 e. The van der Waals surface area contributed by atoms with Gasteiger partial charge in [0.05, 0.1) is 22.0 Å². The van der Waals surface area contributed by atoms with Gasteiger partial charge >= 0.3 is 0 Å². The van der Waals surface area contributed by atoms with Gasteiger partial charge in [0.15, 0.2) is 0 Å². The molecular weight excluding hydrogens is 356 g/mol. The summed E-state index contributed by atoms with van der Waals surface area (Å²) in [5.74, 6) is -0.215.